The highest BCUT2D eigenvalue weighted by Crippen LogP contribution is 2.27. The van der Waals surface area contributed by atoms with E-state index in [0.717, 1.165) is 30.8 Å². The van der Waals surface area contributed by atoms with Gasteiger partial charge in [0.15, 0.2) is 0 Å². The van der Waals surface area contributed by atoms with E-state index in [1.807, 2.05) is 6.07 Å². The summed E-state index contributed by atoms with van der Waals surface area (Å²) < 4.78 is 5.37. The molecule has 1 aliphatic heterocycles. The fourth-order valence-corrected chi connectivity index (χ4v) is 3.46. The van der Waals surface area contributed by atoms with E-state index in [4.69, 9.17) is 4.74 Å². The molecular weight excluding hydrogens is 260 g/mol. The third-order valence-electron chi connectivity index (χ3n) is 4.55. The first-order valence-electron chi connectivity index (χ1n) is 8.27. The van der Waals surface area contributed by atoms with E-state index in [1.54, 1.807) is 7.11 Å². The van der Waals surface area contributed by atoms with Crippen molar-refractivity contribution in [1.29, 1.82) is 0 Å². The topological polar surface area (TPSA) is 24.5 Å². The van der Waals surface area contributed by atoms with Gasteiger partial charge in [-0.3, -0.25) is 4.90 Å². The van der Waals surface area contributed by atoms with E-state index < -0.39 is 0 Å². The van der Waals surface area contributed by atoms with Gasteiger partial charge < -0.3 is 10.1 Å². The Labute approximate surface area is 129 Å². The summed E-state index contributed by atoms with van der Waals surface area (Å²) in [6.45, 7) is 10.2. The number of hydrogen-bond acceptors (Lipinski definition) is 3. The fourth-order valence-electron chi connectivity index (χ4n) is 3.46. The maximum Gasteiger partial charge on any atom is 0.119 e. The molecule has 0 saturated carbocycles. The summed E-state index contributed by atoms with van der Waals surface area (Å²) in [6, 6.07) is 9.58. The normalized spacial score (nSPS) is 20.9. The largest absolute Gasteiger partial charge is 0.497 e. The number of methoxy groups -OCH3 is 1. The standard InChI is InChI=1S/C18H30N2O/c1-5-19-17(15-8-6-9-16(12-15)21-4)13-20-11-7-10-18(20)14(2)3/h6,8-9,12,14,17-19H,5,7,10-11,13H2,1-4H3. The second kappa shape index (κ2) is 7.81. The smallest absolute Gasteiger partial charge is 0.119 e. The Morgan fingerprint density at radius 2 is 2.19 bits per heavy atom. The fraction of sp³-hybridized carbons (Fsp3) is 0.667. The van der Waals surface area contributed by atoms with Crippen LogP contribution in [0.2, 0.25) is 0 Å². The van der Waals surface area contributed by atoms with E-state index in [2.05, 4.69) is 49.2 Å². The minimum Gasteiger partial charge on any atom is -0.497 e. The molecule has 1 fully saturated rings. The highest BCUT2D eigenvalue weighted by Gasteiger charge is 2.29. The molecule has 2 rings (SSSR count). The Bertz CT molecular complexity index is 433. The molecule has 0 radical (unpaired) electrons. The molecule has 1 aromatic rings. The molecule has 0 bridgehead atoms. The third-order valence-corrected chi connectivity index (χ3v) is 4.55. The molecule has 0 aliphatic carbocycles. The van der Waals surface area contributed by atoms with Crippen molar-refractivity contribution >= 4 is 0 Å². The van der Waals surface area contributed by atoms with Gasteiger partial charge in [0.25, 0.3) is 0 Å². The minimum absolute atomic E-state index is 0.379. The van der Waals surface area contributed by atoms with Gasteiger partial charge in [0.1, 0.15) is 5.75 Å². The molecule has 1 aliphatic rings. The summed E-state index contributed by atoms with van der Waals surface area (Å²) in [5.74, 6) is 1.68. The second-order valence-corrected chi connectivity index (χ2v) is 6.34. The molecule has 1 aromatic carbocycles. The van der Waals surface area contributed by atoms with Crippen LogP contribution in [0.3, 0.4) is 0 Å². The van der Waals surface area contributed by atoms with Crippen molar-refractivity contribution in [3.8, 4) is 5.75 Å². The van der Waals surface area contributed by atoms with Crippen LogP contribution < -0.4 is 10.1 Å². The van der Waals surface area contributed by atoms with Crippen LogP contribution in [0.4, 0.5) is 0 Å². The monoisotopic (exact) mass is 290 g/mol. The highest BCUT2D eigenvalue weighted by atomic mass is 16.5. The highest BCUT2D eigenvalue weighted by molar-refractivity contribution is 5.30. The van der Waals surface area contributed by atoms with Gasteiger partial charge in [-0.25, -0.2) is 0 Å². The molecular formula is C18H30N2O. The zero-order valence-corrected chi connectivity index (χ0v) is 13.9. The number of nitrogens with one attached hydrogen (secondary N) is 1. The first-order valence-corrected chi connectivity index (χ1v) is 8.27. The molecule has 3 heteroatoms. The predicted octanol–water partition coefficient (Wildman–Crippen LogP) is 3.47. The first kappa shape index (κ1) is 16.3. The number of likely N-dealkylation sites (N-methyl/N-ethyl adjacent to an activating group) is 1. The predicted molar refractivity (Wildman–Crippen MR) is 88.8 cm³/mol. The molecule has 3 nitrogen and oxygen atoms in total. The van der Waals surface area contributed by atoms with Crippen molar-refractivity contribution in [1.82, 2.24) is 10.2 Å². The van der Waals surface area contributed by atoms with Crippen LogP contribution in [0, 0.1) is 5.92 Å². The van der Waals surface area contributed by atoms with Crippen molar-refractivity contribution in [2.75, 3.05) is 26.7 Å². The average Bonchev–Trinajstić information content (AvgIpc) is 2.95. The Hall–Kier alpha value is -1.06. The van der Waals surface area contributed by atoms with Gasteiger partial charge >= 0.3 is 0 Å². The summed E-state index contributed by atoms with van der Waals surface area (Å²) in [6.07, 6.45) is 2.68. The van der Waals surface area contributed by atoms with E-state index in [0.29, 0.717) is 6.04 Å². The van der Waals surface area contributed by atoms with Crippen LogP contribution >= 0.6 is 0 Å². The number of likely N-dealkylation sites (tertiary alicyclic amines) is 1. The Kier molecular flexibility index (Phi) is 6.07. The van der Waals surface area contributed by atoms with Gasteiger partial charge in [-0.1, -0.05) is 32.9 Å². The van der Waals surface area contributed by atoms with Crippen LogP contribution in [0.25, 0.3) is 0 Å². The van der Waals surface area contributed by atoms with E-state index in [1.165, 1.54) is 24.9 Å². The summed E-state index contributed by atoms with van der Waals surface area (Å²) in [5.41, 5.74) is 1.32. The first-order chi connectivity index (χ1) is 10.2. The zero-order valence-electron chi connectivity index (χ0n) is 13.9. The van der Waals surface area contributed by atoms with Gasteiger partial charge in [-0.2, -0.15) is 0 Å². The molecule has 0 amide bonds. The lowest BCUT2D eigenvalue weighted by molar-refractivity contribution is 0.186. The van der Waals surface area contributed by atoms with Gasteiger partial charge in [0.05, 0.1) is 7.11 Å². The molecule has 118 valence electrons. The lowest BCUT2D eigenvalue weighted by Crippen LogP contribution is -2.40. The summed E-state index contributed by atoms with van der Waals surface area (Å²) in [4.78, 5) is 2.66. The summed E-state index contributed by atoms with van der Waals surface area (Å²) in [7, 11) is 1.73. The Morgan fingerprint density at radius 1 is 1.38 bits per heavy atom. The van der Waals surface area contributed by atoms with Gasteiger partial charge in [0, 0.05) is 18.6 Å². The van der Waals surface area contributed by atoms with Gasteiger partial charge in [-0.15, -0.1) is 0 Å². The molecule has 1 N–H and O–H groups in total. The number of benzene rings is 1. The van der Waals surface area contributed by atoms with Crippen LogP contribution in [0.5, 0.6) is 5.75 Å². The molecule has 0 spiro atoms. The molecule has 1 heterocycles. The quantitative estimate of drug-likeness (QED) is 0.832. The maximum absolute atomic E-state index is 5.37. The van der Waals surface area contributed by atoms with Crippen molar-refractivity contribution < 1.29 is 4.74 Å². The van der Waals surface area contributed by atoms with E-state index >= 15 is 0 Å². The van der Waals surface area contributed by atoms with Crippen molar-refractivity contribution in [3.63, 3.8) is 0 Å². The third kappa shape index (κ3) is 4.21. The van der Waals surface area contributed by atoms with Crippen LogP contribution in [0.15, 0.2) is 24.3 Å². The number of rotatable bonds is 7. The zero-order chi connectivity index (χ0) is 15.2. The van der Waals surface area contributed by atoms with Crippen LogP contribution in [-0.4, -0.2) is 37.7 Å². The van der Waals surface area contributed by atoms with Crippen LogP contribution in [0.1, 0.15) is 45.2 Å². The number of ether oxygens (including phenoxy) is 1. The molecule has 2 unspecified atom stereocenters. The molecule has 0 aromatic heterocycles. The molecule has 21 heavy (non-hydrogen) atoms. The lowest BCUT2D eigenvalue weighted by atomic mass is 10.0. The lowest BCUT2D eigenvalue weighted by Gasteiger charge is -2.31. The molecule has 1 saturated heterocycles. The number of nitrogens with zero attached hydrogens (tertiary/aromatic N) is 1. The van der Waals surface area contributed by atoms with Crippen molar-refractivity contribution in [2.24, 2.45) is 5.92 Å². The Morgan fingerprint density at radius 3 is 2.86 bits per heavy atom. The SMILES string of the molecule is CCNC(CN1CCCC1C(C)C)c1cccc(OC)c1. The summed E-state index contributed by atoms with van der Waals surface area (Å²) in [5, 5.41) is 3.64. The second-order valence-electron chi connectivity index (χ2n) is 6.34. The minimum atomic E-state index is 0.379. The van der Waals surface area contributed by atoms with Crippen LogP contribution in [-0.2, 0) is 0 Å². The van der Waals surface area contributed by atoms with Crippen molar-refractivity contribution in [2.45, 2.75) is 45.7 Å². The van der Waals surface area contributed by atoms with E-state index in [-0.39, 0.29) is 0 Å². The van der Waals surface area contributed by atoms with Crippen molar-refractivity contribution in [3.05, 3.63) is 29.8 Å². The number of hydrogen-bond donors (Lipinski definition) is 1. The average molecular weight is 290 g/mol. The van der Waals surface area contributed by atoms with E-state index in [9.17, 15) is 0 Å². The Balaban J connectivity index is 2.11. The summed E-state index contributed by atoms with van der Waals surface area (Å²) >= 11 is 0. The maximum atomic E-state index is 5.37. The van der Waals surface area contributed by atoms with Gasteiger partial charge in [0.2, 0.25) is 0 Å². The molecule has 2 atom stereocenters. The van der Waals surface area contributed by atoms with Gasteiger partial charge in [-0.05, 0) is 49.5 Å².